The first-order chi connectivity index (χ1) is 9.09. The van der Waals surface area contributed by atoms with Crippen LogP contribution in [0.3, 0.4) is 0 Å². The number of benzene rings is 1. The third kappa shape index (κ3) is 2.68. The van der Waals surface area contributed by atoms with Crippen LogP contribution in [-0.2, 0) is 10.2 Å². The molecule has 102 valence electrons. The molecule has 0 N–H and O–H groups in total. The first-order valence-corrected chi connectivity index (χ1v) is 7.40. The Labute approximate surface area is 115 Å². The average molecular weight is 257 g/mol. The Morgan fingerprint density at radius 1 is 1.26 bits per heavy atom. The van der Waals surface area contributed by atoms with Gasteiger partial charge in [-0.1, -0.05) is 37.3 Å². The van der Waals surface area contributed by atoms with Gasteiger partial charge in [0, 0.05) is 20.0 Å². The molecule has 1 aromatic carbocycles. The predicted octanol–water partition coefficient (Wildman–Crippen LogP) is 3.22. The lowest BCUT2D eigenvalue weighted by Crippen LogP contribution is -2.33. The second kappa shape index (κ2) is 4.66. The summed E-state index contributed by atoms with van der Waals surface area (Å²) < 4.78 is 0. The molecule has 2 aliphatic rings. The van der Waals surface area contributed by atoms with Crippen molar-refractivity contribution in [2.24, 2.45) is 11.8 Å². The van der Waals surface area contributed by atoms with Crippen molar-refractivity contribution in [3.8, 4) is 0 Å². The number of nitrogens with zero attached hydrogens (tertiary/aromatic N) is 1. The molecule has 0 aliphatic heterocycles. The van der Waals surface area contributed by atoms with Crippen LogP contribution in [0.15, 0.2) is 30.3 Å². The average Bonchev–Trinajstić information content (AvgIpc) is 3.30. The summed E-state index contributed by atoms with van der Waals surface area (Å²) in [5, 5.41) is 0. The Morgan fingerprint density at radius 2 is 1.95 bits per heavy atom. The van der Waals surface area contributed by atoms with Crippen molar-refractivity contribution in [2.75, 3.05) is 13.1 Å². The zero-order valence-electron chi connectivity index (χ0n) is 11.9. The van der Waals surface area contributed by atoms with Gasteiger partial charge in [-0.15, -0.1) is 0 Å². The molecule has 2 nitrogen and oxygen atoms in total. The molecule has 0 aromatic heterocycles. The van der Waals surface area contributed by atoms with Crippen molar-refractivity contribution in [1.29, 1.82) is 0 Å². The quantitative estimate of drug-likeness (QED) is 0.793. The lowest BCUT2D eigenvalue weighted by atomic mass is 9.95. The molecule has 0 spiro atoms. The van der Waals surface area contributed by atoms with Crippen molar-refractivity contribution < 1.29 is 4.79 Å². The largest absolute Gasteiger partial charge is 0.342 e. The lowest BCUT2D eigenvalue weighted by Gasteiger charge is -2.22. The van der Waals surface area contributed by atoms with Gasteiger partial charge in [-0.05, 0) is 42.1 Å². The van der Waals surface area contributed by atoms with E-state index in [2.05, 4.69) is 42.2 Å². The van der Waals surface area contributed by atoms with Gasteiger partial charge in [0.2, 0.25) is 5.91 Å². The fraction of sp³-hybridized carbons (Fsp3) is 0.588. The maximum absolute atomic E-state index is 11.7. The SMILES string of the molecule is CC(=O)N(CC1CC1)CC1CC1(C)c1ccccc1. The third-order valence-electron chi connectivity index (χ3n) is 4.91. The van der Waals surface area contributed by atoms with E-state index in [1.807, 2.05) is 0 Å². The van der Waals surface area contributed by atoms with Crippen LogP contribution < -0.4 is 0 Å². The van der Waals surface area contributed by atoms with Crippen molar-refractivity contribution in [2.45, 2.75) is 38.5 Å². The maximum atomic E-state index is 11.7. The van der Waals surface area contributed by atoms with E-state index < -0.39 is 0 Å². The second-order valence-corrected chi connectivity index (χ2v) is 6.55. The Bertz CT molecular complexity index is 465. The van der Waals surface area contributed by atoms with Gasteiger partial charge in [-0.25, -0.2) is 0 Å². The zero-order valence-corrected chi connectivity index (χ0v) is 11.9. The molecular weight excluding hydrogens is 234 g/mol. The minimum absolute atomic E-state index is 0.245. The van der Waals surface area contributed by atoms with Crippen LogP contribution in [0.2, 0.25) is 0 Å². The number of carbonyl (C=O) groups is 1. The summed E-state index contributed by atoms with van der Waals surface area (Å²) >= 11 is 0. The summed E-state index contributed by atoms with van der Waals surface area (Å²) in [5.74, 6) is 1.66. The molecule has 1 aromatic rings. The summed E-state index contributed by atoms with van der Waals surface area (Å²) in [6.07, 6.45) is 3.83. The van der Waals surface area contributed by atoms with Gasteiger partial charge in [-0.3, -0.25) is 4.79 Å². The number of hydrogen-bond acceptors (Lipinski definition) is 1. The molecule has 2 aliphatic carbocycles. The highest BCUT2D eigenvalue weighted by atomic mass is 16.2. The summed E-state index contributed by atoms with van der Waals surface area (Å²) in [4.78, 5) is 13.8. The standard InChI is InChI=1S/C17H23NO/c1-13(19)18(11-14-8-9-14)12-16-10-17(16,2)15-6-4-3-5-7-15/h3-7,14,16H,8-12H2,1-2H3. The molecule has 2 saturated carbocycles. The van der Waals surface area contributed by atoms with E-state index >= 15 is 0 Å². The fourth-order valence-electron chi connectivity index (χ4n) is 3.10. The molecule has 3 rings (SSSR count). The lowest BCUT2D eigenvalue weighted by molar-refractivity contribution is -0.129. The minimum atomic E-state index is 0.245. The van der Waals surface area contributed by atoms with Crippen LogP contribution in [-0.4, -0.2) is 23.9 Å². The first kappa shape index (κ1) is 12.7. The maximum Gasteiger partial charge on any atom is 0.219 e. The van der Waals surface area contributed by atoms with Crippen LogP contribution in [0.4, 0.5) is 0 Å². The van der Waals surface area contributed by atoms with E-state index in [0.717, 1.165) is 19.0 Å². The molecule has 2 unspecified atom stereocenters. The molecule has 0 saturated heterocycles. The fourth-order valence-corrected chi connectivity index (χ4v) is 3.10. The van der Waals surface area contributed by atoms with Crippen LogP contribution in [0.25, 0.3) is 0 Å². The van der Waals surface area contributed by atoms with Crippen LogP contribution >= 0.6 is 0 Å². The molecular formula is C17H23NO. The molecule has 0 bridgehead atoms. The van der Waals surface area contributed by atoms with Gasteiger partial charge in [0.1, 0.15) is 0 Å². The smallest absolute Gasteiger partial charge is 0.219 e. The Morgan fingerprint density at radius 3 is 2.53 bits per heavy atom. The van der Waals surface area contributed by atoms with Gasteiger partial charge in [0.15, 0.2) is 0 Å². The normalized spacial score (nSPS) is 29.1. The Kier molecular flexibility index (Phi) is 3.12. The van der Waals surface area contributed by atoms with Crippen LogP contribution in [0.5, 0.6) is 0 Å². The monoisotopic (exact) mass is 257 g/mol. The van der Waals surface area contributed by atoms with E-state index in [1.54, 1.807) is 6.92 Å². The number of carbonyl (C=O) groups excluding carboxylic acids is 1. The van der Waals surface area contributed by atoms with Crippen LogP contribution in [0.1, 0.15) is 38.7 Å². The summed E-state index contributed by atoms with van der Waals surface area (Å²) in [6.45, 7) is 5.97. The van der Waals surface area contributed by atoms with Gasteiger partial charge in [0.25, 0.3) is 0 Å². The highest BCUT2D eigenvalue weighted by molar-refractivity contribution is 5.73. The molecule has 2 fully saturated rings. The molecule has 0 radical (unpaired) electrons. The van der Waals surface area contributed by atoms with E-state index in [1.165, 1.54) is 24.8 Å². The van der Waals surface area contributed by atoms with Gasteiger partial charge >= 0.3 is 0 Å². The first-order valence-electron chi connectivity index (χ1n) is 7.40. The van der Waals surface area contributed by atoms with Gasteiger partial charge in [0.05, 0.1) is 0 Å². The van der Waals surface area contributed by atoms with E-state index in [-0.39, 0.29) is 5.91 Å². The summed E-state index contributed by atoms with van der Waals surface area (Å²) in [5.41, 5.74) is 1.72. The highest BCUT2D eigenvalue weighted by Crippen LogP contribution is 2.54. The van der Waals surface area contributed by atoms with Crippen molar-refractivity contribution >= 4 is 5.91 Å². The minimum Gasteiger partial charge on any atom is -0.342 e. The van der Waals surface area contributed by atoms with E-state index in [9.17, 15) is 4.79 Å². The summed E-state index contributed by atoms with van der Waals surface area (Å²) in [6, 6.07) is 10.7. The molecule has 19 heavy (non-hydrogen) atoms. The summed E-state index contributed by atoms with van der Waals surface area (Å²) in [7, 11) is 0. The number of amides is 1. The van der Waals surface area contributed by atoms with Gasteiger partial charge in [-0.2, -0.15) is 0 Å². The third-order valence-corrected chi connectivity index (χ3v) is 4.91. The topological polar surface area (TPSA) is 20.3 Å². The van der Waals surface area contributed by atoms with Gasteiger partial charge < -0.3 is 4.90 Å². The Hall–Kier alpha value is -1.31. The molecule has 0 heterocycles. The molecule has 1 amide bonds. The van der Waals surface area contributed by atoms with Crippen molar-refractivity contribution in [1.82, 2.24) is 4.90 Å². The Balaban J connectivity index is 1.63. The highest BCUT2D eigenvalue weighted by Gasteiger charge is 2.51. The number of rotatable bonds is 5. The van der Waals surface area contributed by atoms with Crippen molar-refractivity contribution in [3.63, 3.8) is 0 Å². The predicted molar refractivity (Wildman–Crippen MR) is 76.9 cm³/mol. The molecule has 2 heteroatoms. The van der Waals surface area contributed by atoms with Crippen LogP contribution in [0, 0.1) is 11.8 Å². The van der Waals surface area contributed by atoms with Crippen molar-refractivity contribution in [3.05, 3.63) is 35.9 Å². The second-order valence-electron chi connectivity index (χ2n) is 6.55. The number of hydrogen-bond donors (Lipinski definition) is 0. The van der Waals surface area contributed by atoms with E-state index in [4.69, 9.17) is 0 Å². The molecule has 2 atom stereocenters. The zero-order chi connectivity index (χ0) is 13.5. The van der Waals surface area contributed by atoms with E-state index in [0.29, 0.717) is 11.3 Å².